The summed E-state index contributed by atoms with van der Waals surface area (Å²) in [5, 5.41) is 9.15. The first kappa shape index (κ1) is 14.6. The second kappa shape index (κ2) is 7.75. The van der Waals surface area contributed by atoms with Gasteiger partial charge in [-0.15, -0.1) is 0 Å². The maximum absolute atomic E-state index is 11.1. The molecule has 0 aromatic heterocycles. The summed E-state index contributed by atoms with van der Waals surface area (Å²) in [6, 6.07) is 7.74. The van der Waals surface area contributed by atoms with E-state index < -0.39 is 5.97 Å². The Balaban J connectivity index is 2.67. The molecule has 1 unspecified atom stereocenters. The number of aliphatic carboxylic acids is 1. The summed E-state index contributed by atoms with van der Waals surface area (Å²) in [7, 11) is 0. The van der Waals surface area contributed by atoms with Crippen molar-refractivity contribution in [2.24, 2.45) is 5.92 Å². The largest absolute Gasteiger partial charge is 0.494 e. The highest BCUT2D eigenvalue weighted by molar-refractivity contribution is 5.70. The molecule has 0 amide bonds. The Morgan fingerprint density at radius 2 is 2.11 bits per heavy atom. The molecule has 18 heavy (non-hydrogen) atoms. The van der Waals surface area contributed by atoms with Crippen molar-refractivity contribution in [1.82, 2.24) is 0 Å². The number of rotatable bonds is 8. The van der Waals surface area contributed by atoms with Gasteiger partial charge in [0.2, 0.25) is 0 Å². The molecule has 1 aromatic rings. The standard InChI is InChI=1S/C15H22O3/c1-3-6-13(15(16)17)10-12-7-5-8-14(11-12)18-9-4-2/h5,7-8,11,13H,3-4,6,9-10H2,1-2H3,(H,16,17). The summed E-state index contributed by atoms with van der Waals surface area (Å²) < 4.78 is 5.55. The highest BCUT2D eigenvalue weighted by Crippen LogP contribution is 2.19. The minimum Gasteiger partial charge on any atom is -0.494 e. The predicted molar refractivity (Wildman–Crippen MR) is 72.0 cm³/mol. The Kier molecular flexibility index (Phi) is 6.26. The van der Waals surface area contributed by atoms with Crippen molar-refractivity contribution in [3.05, 3.63) is 29.8 Å². The van der Waals surface area contributed by atoms with E-state index >= 15 is 0 Å². The van der Waals surface area contributed by atoms with Gasteiger partial charge in [0, 0.05) is 0 Å². The van der Waals surface area contributed by atoms with Crippen LogP contribution in [0.25, 0.3) is 0 Å². The van der Waals surface area contributed by atoms with E-state index in [4.69, 9.17) is 9.84 Å². The highest BCUT2D eigenvalue weighted by Gasteiger charge is 2.16. The van der Waals surface area contributed by atoms with E-state index in [0.29, 0.717) is 13.0 Å². The molecule has 0 radical (unpaired) electrons. The molecule has 1 atom stereocenters. The molecule has 1 rings (SSSR count). The van der Waals surface area contributed by atoms with Gasteiger partial charge in [-0.25, -0.2) is 0 Å². The van der Waals surface area contributed by atoms with Crippen molar-refractivity contribution < 1.29 is 14.6 Å². The number of hydrogen-bond donors (Lipinski definition) is 1. The number of carboxylic acid groups (broad SMARTS) is 1. The summed E-state index contributed by atoms with van der Waals surface area (Å²) in [4.78, 5) is 11.1. The summed E-state index contributed by atoms with van der Waals surface area (Å²) >= 11 is 0. The first-order valence-corrected chi connectivity index (χ1v) is 6.61. The van der Waals surface area contributed by atoms with Gasteiger partial charge in [0.1, 0.15) is 5.75 Å². The van der Waals surface area contributed by atoms with E-state index in [1.807, 2.05) is 31.2 Å². The smallest absolute Gasteiger partial charge is 0.306 e. The van der Waals surface area contributed by atoms with E-state index in [2.05, 4.69) is 6.92 Å². The van der Waals surface area contributed by atoms with E-state index in [9.17, 15) is 4.79 Å². The van der Waals surface area contributed by atoms with Gasteiger partial charge in [-0.2, -0.15) is 0 Å². The average Bonchev–Trinajstić information content (AvgIpc) is 2.36. The first-order chi connectivity index (χ1) is 8.67. The van der Waals surface area contributed by atoms with Crippen molar-refractivity contribution in [3.63, 3.8) is 0 Å². The predicted octanol–water partition coefficient (Wildman–Crippen LogP) is 3.52. The molecule has 0 spiro atoms. The van der Waals surface area contributed by atoms with E-state index in [1.165, 1.54) is 0 Å². The minimum atomic E-state index is -0.711. The van der Waals surface area contributed by atoms with E-state index in [-0.39, 0.29) is 5.92 Å². The highest BCUT2D eigenvalue weighted by atomic mass is 16.5. The molecule has 0 aliphatic rings. The van der Waals surface area contributed by atoms with Crippen LogP contribution >= 0.6 is 0 Å². The third kappa shape index (κ3) is 4.78. The lowest BCUT2D eigenvalue weighted by atomic mass is 9.95. The van der Waals surface area contributed by atoms with Crippen molar-refractivity contribution in [2.45, 2.75) is 39.5 Å². The monoisotopic (exact) mass is 250 g/mol. The van der Waals surface area contributed by atoms with Crippen LogP contribution in [0, 0.1) is 5.92 Å². The fourth-order valence-electron chi connectivity index (χ4n) is 1.93. The Bertz CT molecular complexity index is 374. The number of hydrogen-bond acceptors (Lipinski definition) is 2. The topological polar surface area (TPSA) is 46.5 Å². The van der Waals surface area contributed by atoms with Crippen LogP contribution < -0.4 is 4.74 Å². The second-order valence-electron chi connectivity index (χ2n) is 4.52. The SMILES string of the molecule is CCCOc1cccc(CC(CCC)C(=O)O)c1. The zero-order valence-electron chi connectivity index (χ0n) is 11.2. The van der Waals surface area contributed by atoms with Crippen molar-refractivity contribution in [2.75, 3.05) is 6.61 Å². The second-order valence-corrected chi connectivity index (χ2v) is 4.52. The van der Waals surface area contributed by atoms with E-state index in [0.717, 1.165) is 30.6 Å². The van der Waals surface area contributed by atoms with Crippen molar-refractivity contribution >= 4 is 5.97 Å². The molecule has 3 nitrogen and oxygen atoms in total. The third-order valence-electron chi connectivity index (χ3n) is 2.84. The molecular formula is C15H22O3. The molecule has 0 aliphatic carbocycles. The molecule has 0 bridgehead atoms. The van der Waals surface area contributed by atoms with Crippen LogP contribution in [-0.2, 0) is 11.2 Å². The molecule has 1 aromatic carbocycles. The van der Waals surface area contributed by atoms with Crippen LogP contribution in [0.5, 0.6) is 5.75 Å². The maximum Gasteiger partial charge on any atom is 0.306 e. The summed E-state index contributed by atoms with van der Waals surface area (Å²) in [6.45, 7) is 4.77. The Morgan fingerprint density at radius 1 is 1.33 bits per heavy atom. The van der Waals surface area contributed by atoms with Crippen molar-refractivity contribution in [3.8, 4) is 5.75 Å². The molecule has 1 N–H and O–H groups in total. The fraction of sp³-hybridized carbons (Fsp3) is 0.533. The van der Waals surface area contributed by atoms with E-state index in [1.54, 1.807) is 0 Å². The normalized spacial score (nSPS) is 12.1. The summed E-state index contributed by atoms with van der Waals surface area (Å²) in [5.74, 6) is -0.178. The van der Waals surface area contributed by atoms with Crippen LogP contribution in [0.15, 0.2) is 24.3 Å². The lowest BCUT2D eigenvalue weighted by Gasteiger charge is -2.12. The third-order valence-corrected chi connectivity index (χ3v) is 2.84. The van der Waals surface area contributed by atoms with Gasteiger partial charge < -0.3 is 9.84 Å². The van der Waals surface area contributed by atoms with Gasteiger partial charge in [-0.05, 0) is 37.0 Å². The van der Waals surface area contributed by atoms with Gasteiger partial charge in [0.25, 0.3) is 0 Å². The lowest BCUT2D eigenvalue weighted by Crippen LogP contribution is -2.16. The zero-order valence-corrected chi connectivity index (χ0v) is 11.2. The molecule has 0 saturated heterocycles. The number of ether oxygens (including phenoxy) is 1. The van der Waals surface area contributed by atoms with Gasteiger partial charge in [0.15, 0.2) is 0 Å². The van der Waals surface area contributed by atoms with Crippen molar-refractivity contribution in [1.29, 1.82) is 0 Å². The van der Waals surface area contributed by atoms with Crippen LogP contribution in [-0.4, -0.2) is 17.7 Å². The Morgan fingerprint density at radius 3 is 2.72 bits per heavy atom. The molecule has 3 heteroatoms. The molecule has 0 heterocycles. The molecule has 0 aliphatic heterocycles. The number of benzene rings is 1. The first-order valence-electron chi connectivity index (χ1n) is 6.61. The van der Waals surface area contributed by atoms with Crippen LogP contribution in [0.1, 0.15) is 38.7 Å². The fourth-order valence-corrected chi connectivity index (χ4v) is 1.93. The Labute approximate surface area is 109 Å². The number of carbonyl (C=O) groups is 1. The average molecular weight is 250 g/mol. The quantitative estimate of drug-likeness (QED) is 0.768. The van der Waals surface area contributed by atoms with Crippen LogP contribution in [0.2, 0.25) is 0 Å². The van der Waals surface area contributed by atoms with Crippen LogP contribution in [0.4, 0.5) is 0 Å². The molecule has 0 fully saturated rings. The summed E-state index contributed by atoms with van der Waals surface area (Å²) in [5.41, 5.74) is 1.03. The van der Waals surface area contributed by atoms with Crippen LogP contribution in [0.3, 0.4) is 0 Å². The minimum absolute atomic E-state index is 0.295. The van der Waals surface area contributed by atoms with Gasteiger partial charge >= 0.3 is 5.97 Å². The maximum atomic E-state index is 11.1. The molecular weight excluding hydrogens is 228 g/mol. The van der Waals surface area contributed by atoms with Gasteiger partial charge in [-0.1, -0.05) is 32.4 Å². The summed E-state index contributed by atoms with van der Waals surface area (Å²) in [6.07, 6.45) is 3.16. The van der Waals surface area contributed by atoms with Gasteiger partial charge in [0.05, 0.1) is 12.5 Å². The molecule has 0 saturated carbocycles. The molecule has 100 valence electrons. The van der Waals surface area contributed by atoms with Gasteiger partial charge in [-0.3, -0.25) is 4.79 Å². The zero-order chi connectivity index (χ0) is 13.4. The lowest BCUT2D eigenvalue weighted by molar-refractivity contribution is -0.141. The Hall–Kier alpha value is -1.51. The number of carboxylic acids is 1.